The number of hydrogen-bond donors (Lipinski definition) is 0. The molecule has 0 rings (SSSR count). The molecule has 6 heteroatoms. The predicted molar refractivity (Wildman–Crippen MR) is 44.2 cm³/mol. The molecule has 0 aliphatic carbocycles. The predicted octanol–water partition coefficient (Wildman–Crippen LogP) is 4.33. The van der Waals surface area contributed by atoms with Crippen molar-refractivity contribution in [3.05, 3.63) is 12.2 Å². The molecule has 0 nitrogen and oxygen atoms in total. The molecule has 0 saturated heterocycles. The van der Waals surface area contributed by atoms with Crippen LogP contribution in [0.1, 0.15) is 20.3 Å². The second-order valence-electron chi connectivity index (χ2n) is 3.44. The minimum atomic E-state index is -4.39. The van der Waals surface area contributed by atoms with E-state index in [1.807, 2.05) is 0 Å². The average Bonchev–Trinajstić information content (AvgIpc) is 2.00. The van der Waals surface area contributed by atoms with Gasteiger partial charge in [-0.1, -0.05) is 26.0 Å². The highest BCUT2D eigenvalue weighted by atomic mass is 19.4. The minimum Gasteiger partial charge on any atom is -0.171 e. The lowest BCUT2D eigenvalue weighted by Crippen LogP contribution is -2.20. The summed E-state index contributed by atoms with van der Waals surface area (Å²) in [6.45, 7) is 1.83. The minimum absolute atomic E-state index is 0.427. The summed E-state index contributed by atoms with van der Waals surface area (Å²) < 4.78 is 71.7. The first-order valence-corrected chi connectivity index (χ1v) is 4.35. The van der Waals surface area contributed by atoms with Crippen LogP contribution < -0.4 is 0 Å². The van der Waals surface area contributed by atoms with Crippen molar-refractivity contribution >= 4 is 0 Å². The first kappa shape index (κ1) is 14.3. The van der Waals surface area contributed by atoms with Gasteiger partial charge in [0.2, 0.25) is 0 Å². The van der Waals surface area contributed by atoms with Gasteiger partial charge in [-0.2, -0.15) is 26.3 Å². The van der Waals surface area contributed by atoms with Crippen molar-refractivity contribution < 1.29 is 26.3 Å². The van der Waals surface area contributed by atoms with E-state index in [0.717, 1.165) is 26.0 Å². The molecule has 90 valence electrons. The van der Waals surface area contributed by atoms with Gasteiger partial charge in [0.1, 0.15) is 0 Å². The van der Waals surface area contributed by atoms with Crippen molar-refractivity contribution in [2.45, 2.75) is 32.6 Å². The van der Waals surface area contributed by atoms with Crippen molar-refractivity contribution in [1.29, 1.82) is 0 Å². The monoisotopic (exact) mass is 234 g/mol. The number of allylic oxidation sites excluding steroid dienone is 2. The summed E-state index contributed by atoms with van der Waals surface area (Å²) in [5.74, 6) is -3.33. The third-order valence-electron chi connectivity index (χ3n) is 1.99. The van der Waals surface area contributed by atoms with Crippen LogP contribution in [0, 0.1) is 11.8 Å². The van der Waals surface area contributed by atoms with Crippen molar-refractivity contribution in [2.24, 2.45) is 11.8 Å². The zero-order valence-electron chi connectivity index (χ0n) is 8.28. The van der Waals surface area contributed by atoms with E-state index in [2.05, 4.69) is 0 Å². The van der Waals surface area contributed by atoms with Gasteiger partial charge >= 0.3 is 12.4 Å². The lowest BCUT2D eigenvalue weighted by Gasteiger charge is -2.14. The van der Waals surface area contributed by atoms with Crippen LogP contribution in [-0.4, -0.2) is 12.4 Å². The van der Waals surface area contributed by atoms with E-state index >= 15 is 0 Å². The normalized spacial score (nSPS) is 18.1. The van der Waals surface area contributed by atoms with Crippen molar-refractivity contribution in [3.63, 3.8) is 0 Å². The Kier molecular flexibility index (Phi) is 4.67. The van der Waals surface area contributed by atoms with E-state index in [1.165, 1.54) is 0 Å². The molecule has 0 aliphatic heterocycles. The van der Waals surface area contributed by atoms with Crippen molar-refractivity contribution in [1.82, 2.24) is 0 Å². The molecule has 0 aromatic carbocycles. The van der Waals surface area contributed by atoms with E-state index in [0.29, 0.717) is 0 Å². The van der Waals surface area contributed by atoms with Gasteiger partial charge in [0, 0.05) is 0 Å². The Morgan fingerprint density at radius 3 is 1.73 bits per heavy atom. The number of alkyl halides is 6. The molecule has 0 fully saturated rings. The molecule has 0 aromatic rings. The average molecular weight is 234 g/mol. The summed E-state index contributed by atoms with van der Waals surface area (Å²) in [5.41, 5.74) is 0. The van der Waals surface area contributed by atoms with Gasteiger partial charge in [0.05, 0.1) is 11.8 Å². The van der Waals surface area contributed by atoms with Crippen LogP contribution in [-0.2, 0) is 0 Å². The standard InChI is InChI=1S/C9H12F6/c1-6(8(10,11)12)4-3-5-7(2)9(13,14)15/h3-4,6-7H,5H2,1-2H3. The van der Waals surface area contributed by atoms with Crippen LogP contribution in [0.4, 0.5) is 26.3 Å². The quantitative estimate of drug-likeness (QED) is 0.503. The second-order valence-corrected chi connectivity index (χ2v) is 3.44. The highest BCUT2D eigenvalue weighted by Crippen LogP contribution is 2.30. The Morgan fingerprint density at radius 2 is 1.40 bits per heavy atom. The molecule has 0 saturated carbocycles. The van der Waals surface area contributed by atoms with Crippen LogP contribution in [0.5, 0.6) is 0 Å². The SMILES string of the molecule is CC(C=CCC(C)C(F)(F)F)C(F)(F)F. The van der Waals surface area contributed by atoms with E-state index in [4.69, 9.17) is 0 Å². The number of rotatable bonds is 3. The molecule has 0 aliphatic rings. The maximum absolute atomic E-state index is 12.0. The topological polar surface area (TPSA) is 0 Å². The molecule has 0 radical (unpaired) electrons. The van der Waals surface area contributed by atoms with Crippen molar-refractivity contribution in [2.75, 3.05) is 0 Å². The first-order chi connectivity index (χ1) is 6.55. The third-order valence-corrected chi connectivity index (χ3v) is 1.99. The summed E-state index contributed by atoms with van der Waals surface area (Å²) in [7, 11) is 0. The maximum atomic E-state index is 12.0. The molecule has 2 unspecified atom stereocenters. The van der Waals surface area contributed by atoms with E-state index in [-0.39, 0.29) is 0 Å². The fraction of sp³-hybridized carbons (Fsp3) is 0.778. The summed E-state index contributed by atoms with van der Waals surface area (Å²) >= 11 is 0. The van der Waals surface area contributed by atoms with Gasteiger partial charge in [-0.3, -0.25) is 0 Å². The Bertz CT molecular complexity index is 212. The van der Waals surface area contributed by atoms with E-state index in [9.17, 15) is 26.3 Å². The maximum Gasteiger partial charge on any atom is 0.394 e. The fourth-order valence-corrected chi connectivity index (χ4v) is 0.730. The first-order valence-electron chi connectivity index (χ1n) is 4.35. The molecular formula is C9H12F6. The molecule has 15 heavy (non-hydrogen) atoms. The molecule has 0 aromatic heterocycles. The van der Waals surface area contributed by atoms with Gasteiger partial charge in [0.25, 0.3) is 0 Å². The zero-order chi connectivity index (χ0) is 12.3. The van der Waals surface area contributed by atoms with Gasteiger partial charge in [-0.15, -0.1) is 0 Å². The van der Waals surface area contributed by atoms with Crippen LogP contribution in [0.25, 0.3) is 0 Å². The molecule has 0 bridgehead atoms. The van der Waals surface area contributed by atoms with Gasteiger partial charge in [-0.25, -0.2) is 0 Å². The highest BCUT2D eigenvalue weighted by Gasteiger charge is 2.36. The number of halogens is 6. The lowest BCUT2D eigenvalue weighted by atomic mass is 10.1. The second kappa shape index (κ2) is 4.90. The summed E-state index contributed by atoms with van der Waals surface area (Å²) in [6, 6.07) is 0. The zero-order valence-corrected chi connectivity index (χ0v) is 8.28. The lowest BCUT2D eigenvalue weighted by molar-refractivity contribution is -0.168. The highest BCUT2D eigenvalue weighted by molar-refractivity contribution is 4.91. The van der Waals surface area contributed by atoms with E-state index in [1.54, 1.807) is 0 Å². The van der Waals surface area contributed by atoms with E-state index < -0.39 is 30.6 Å². The molecule has 0 N–H and O–H groups in total. The Labute approximate surface area is 84.0 Å². The van der Waals surface area contributed by atoms with Gasteiger partial charge < -0.3 is 0 Å². The van der Waals surface area contributed by atoms with Gasteiger partial charge in [-0.05, 0) is 6.42 Å². The Hall–Kier alpha value is -0.680. The largest absolute Gasteiger partial charge is 0.394 e. The fourth-order valence-electron chi connectivity index (χ4n) is 0.730. The summed E-state index contributed by atoms with van der Waals surface area (Å²) in [5, 5.41) is 0. The summed E-state index contributed by atoms with van der Waals surface area (Å²) in [4.78, 5) is 0. The van der Waals surface area contributed by atoms with Crippen LogP contribution in [0.3, 0.4) is 0 Å². The van der Waals surface area contributed by atoms with Crippen LogP contribution in [0.2, 0.25) is 0 Å². The van der Waals surface area contributed by atoms with Crippen LogP contribution in [0.15, 0.2) is 12.2 Å². The van der Waals surface area contributed by atoms with Gasteiger partial charge in [0.15, 0.2) is 0 Å². The smallest absolute Gasteiger partial charge is 0.171 e. The number of hydrogen-bond acceptors (Lipinski definition) is 0. The molecular weight excluding hydrogens is 222 g/mol. The molecule has 0 amide bonds. The Balaban J connectivity index is 4.12. The van der Waals surface area contributed by atoms with Crippen molar-refractivity contribution in [3.8, 4) is 0 Å². The third kappa shape index (κ3) is 5.69. The van der Waals surface area contributed by atoms with Crippen LogP contribution >= 0.6 is 0 Å². The Morgan fingerprint density at radius 1 is 0.933 bits per heavy atom. The molecule has 2 atom stereocenters. The molecule has 0 heterocycles. The summed E-state index contributed by atoms with van der Waals surface area (Å²) in [6.07, 6.45) is -7.49. The molecule has 0 spiro atoms.